The molecule has 0 heterocycles. The highest BCUT2D eigenvalue weighted by Crippen LogP contribution is 1.42. The molecule has 0 aliphatic carbocycles. The highest BCUT2D eigenvalue weighted by Gasteiger charge is 1.65. The van der Waals surface area contributed by atoms with Gasteiger partial charge in [-0.2, -0.15) is 0 Å². The fraction of sp³-hybridized carbons (Fsp3) is 0.429. The molecule has 0 bridgehead atoms. The molecule has 0 aromatic heterocycles. The number of hydrogen-bond acceptors (Lipinski definition) is 3. The van der Waals surface area contributed by atoms with E-state index in [2.05, 4.69) is 6.42 Å². The van der Waals surface area contributed by atoms with Crippen LogP contribution in [0.1, 0.15) is 13.8 Å². The Bertz CT molecular complexity index is 136. The number of aliphatic carboxylic acids is 2. The molecule has 0 aliphatic rings. The maximum atomic E-state index is 9.00. The third-order valence-electron chi connectivity index (χ3n) is 0.0913. The van der Waals surface area contributed by atoms with Crippen LogP contribution in [0.15, 0.2) is 0 Å². The van der Waals surface area contributed by atoms with Crippen LogP contribution in [0, 0.1) is 12.3 Å². The molecule has 70 valence electrons. The maximum absolute atomic E-state index is 9.00. The number of terminal acetylenes is 1. The van der Waals surface area contributed by atoms with Gasteiger partial charge in [0.1, 0.15) is 6.61 Å². The van der Waals surface area contributed by atoms with E-state index in [1.807, 2.05) is 5.92 Å². The summed E-state index contributed by atoms with van der Waals surface area (Å²) in [6.07, 6.45) is 4.53. The predicted molar refractivity (Wildman–Crippen MR) is 42.5 cm³/mol. The predicted octanol–water partition coefficient (Wildman–Crippen LogP) is -0.206. The third kappa shape index (κ3) is 1610. The molecule has 3 N–H and O–H groups in total. The Labute approximate surface area is 70.6 Å². The van der Waals surface area contributed by atoms with Crippen molar-refractivity contribution in [2.24, 2.45) is 0 Å². The standard InChI is InChI=1S/C3H4O.2C2H4O2/c1-2-3-4;2*1-2(3)4/h1,4H,3H2;2*1H3,(H,3,4). The summed E-state index contributed by atoms with van der Waals surface area (Å²) in [7, 11) is 0. The van der Waals surface area contributed by atoms with E-state index in [1.165, 1.54) is 0 Å². The molecule has 0 aromatic rings. The van der Waals surface area contributed by atoms with Gasteiger partial charge in [0.15, 0.2) is 0 Å². The van der Waals surface area contributed by atoms with Crippen LogP contribution in [0.3, 0.4) is 0 Å². The highest BCUT2D eigenvalue weighted by atomic mass is 16.4. The van der Waals surface area contributed by atoms with Crippen LogP contribution in [0.4, 0.5) is 0 Å². The third-order valence-corrected chi connectivity index (χ3v) is 0.0913. The van der Waals surface area contributed by atoms with Gasteiger partial charge < -0.3 is 15.3 Å². The Balaban J connectivity index is -0.000000101. The number of aliphatic hydroxyl groups excluding tert-OH is 1. The van der Waals surface area contributed by atoms with Gasteiger partial charge in [0, 0.05) is 13.8 Å². The molecule has 0 radical (unpaired) electrons. The largest absolute Gasteiger partial charge is 0.481 e. The molecule has 0 atom stereocenters. The lowest BCUT2D eigenvalue weighted by Crippen LogP contribution is -1.78. The molecule has 0 amide bonds. The van der Waals surface area contributed by atoms with E-state index < -0.39 is 11.9 Å². The minimum atomic E-state index is -0.833. The van der Waals surface area contributed by atoms with E-state index in [-0.39, 0.29) is 6.61 Å². The first-order valence-corrected chi connectivity index (χ1v) is 2.81. The summed E-state index contributed by atoms with van der Waals surface area (Å²) in [5.41, 5.74) is 0. The first kappa shape index (κ1) is 16.8. The lowest BCUT2D eigenvalue weighted by Gasteiger charge is -1.59. The van der Waals surface area contributed by atoms with Gasteiger partial charge in [-0.05, 0) is 0 Å². The van der Waals surface area contributed by atoms with Crippen molar-refractivity contribution in [1.29, 1.82) is 0 Å². The van der Waals surface area contributed by atoms with Gasteiger partial charge in [-0.25, -0.2) is 0 Å². The van der Waals surface area contributed by atoms with Crippen molar-refractivity contribution >= 4 is 11.9 Å². The summed E-state index contributed by atoms with van der Waals surface area (Å²) in [6, 6.07) is 0. The molecule has 0 saturated heterocycles. The summed E-state index contributed by atoms with van der Waals surface area (Å²) >= 11 is 0. The van der Waals surface area contributed by atoms with Crippen molar-refractivity contribution in [3.05, 3.63) is 0 Å². The van der Waals surface area contributed by atoms with Crippen LogP contribution in [0.25, 0.3) is 0 Å². The topological polar surface area (TPSA) is 94.8 Å². The molecule has 5 nitrogen and oxygen atoms in total. The molecule has 12 heavy (non-hydrogen) atoms. The van der Waals surface area contributed by atoms with E-state index in [1.54, 1.807) is 0 Å². The smallest absolute Gasteiger partial charge is 0.300 e. The number of carboxylic acid groups (broad SMARTS) is 2. The molecular weight excluding hydrogens is 164 g/mol. The molecule has 5 heteroatoms. The SMILES string of the molecule is C#CCO.CC(=O)O.CC(=O)O. The molecule has 0 aliphatic heterocycles. The fourth-order valence-electron chi connectivity index (χ4n) is 0. The second kappa shape index (κ2) is 16.2. The van der Waals surface area contributed by atoms with Gasteiger partial charge in [-0.3, -0.25) is 9.59 Å². The molecule has 0 unspecified atom stereocenters. The maximum Gasteiger partial charge on any atom is 0.300 e. The summed E-state index contributed by atoms with van der Waals surface area (Å²) in [6.45, 7) is 2.01. The average Bonchev–Trinajstić information content (AvgIpc) is 1.85. The van der Waals surface area contributed by atoms with Gasteiger partial charge in [-0.1, -0.05) is 5.92 Å². The van der Waals surface area contributed by atoms with Crippen molar-refractivity contribution in [1.82, 2.24) is 0 Å². The van der Waals surface area contributed by atoms with E-state index >= 15 is 0 Å². The zero-order chi connectivity index (χ0) is 10.6. The van der Waals surface area contributed by atoms with Crippen molar-refractivity contribution < 1.29 is 24.9 Å². The second-order valence-electron chi connectivity index (χ2n) is 1.40. The van der Waals surface area contributed by atoms with Gasteiger partial charge in [-0.15, -0.1) is 6.42 Å². The van der Waals surface area contributed by atoms with E-state index in [9.17, 15) is 0 Å². The minimum absolute atomic E-state index is 0.153. The van der Waals surface area contributed by atoms with Gasteiger partial charge >= 0.3 is 0 Å². The minimum Gasteiger partial charge on any atom is -0.481 e. The number of carbonyl (C=O) groups is 2. The zero-order valence-electron chi connectivity index (χ0n) is 6.94. The Morgan fingerprint density at radius 2 is 1.33 bits per heavy atom. The average molecular weight is 176 g/mol. The first-order valence-electron chi connectivity index (χ1n) is 2.81. The molecule has 0 fully saturated rings. The molecule has 0 rings (SSSR count). The van der Waals surface area contributed by atoms with Gasteiger partial charge in [0.05, 0.1) is 0 Å². The van der Waals surface area contributed by atoms with E-state index in [0.717, 1.165) is 13.8 Å². The van der Waals surface area contributed by atoms with E-state index in [0.29, 0.717) is 0 Å². The van der Waals surface area contributed by atoms with Crippen molar-refractivity contribution in [3.8, 4) is 12.3 Å². The summed E-state index contributed by atoms with van der Waals surface area (Å²) in [4.78, 5) is 18.0. The van der Waals surface area contributed by atoms with E-state index in [4.69, 9.17) is 24.9 Å². The van der Waals surface area contributed by atoms with Crippen LogP contribution in [-0.4, -0.2) is 33.9 Å². The quantitative estimate of drug-likeness (QED) is 0.444. The fourth-order valence-corrected chi connectivity index (χ4v) is 0. The number of carboxylic acids is 2. The van der Waals surface area contributed by atoms with Gasteiger partial charge in [0.25, 0.3) is 11.9 Å². The molecule has 0 aromatic carbocycles. The van der Waals surface area contributed by atoms with Gasteiger partial charge in [0.2, 0.25) is 0 Å². The number of hydrogen-bond donors (Lipinski definition) is 3. The van der Waals surface area contributed by atoms with Crippen LogP contribution in [0.2, 0.25) is 0 Å². The monoisotopic (exact) mass is 176 g/mol. The van der Waals surface area contributed by atoms with Crippen LogP contribution >= 0.6 is 0 Å². The van der Waals surface area contributed by atoms with Crippen LogP contribution in [0.5, 0.6) is 0 Å². The zero-order valence-corrected chi connectivity index (χ0v) is 6.94. The van der Waals surface area contributed by atoms with Crippen LogP contribution < -0.4 is 0 Å². The van der Waals surface area contributed by atoms with Crippen molar-refractivity contribution in [2.75, 3.05) is 6.61 Å². The molecule has 0 saturated carbocycles. The summed E-state index contributed by atoms with van der Waals surface area (Å²) < 4.78 is 0. The Kier molecular flexibility index (Phi) is 22.7. The molecule has 0 spiro atoms. The highest BCUT2D eigenvalue weighted by molar-refractivity contribution is 5.63. The van der Waals surface area contributed by atoms with Crippen molar-refractivity contribution in [2.45, 2.75) is 13.8 Å². The summed E-state index contributed by atoms with van der Waals surface area (Å²) in [5, 5.41) is 22.5. The van der Waals surface area contributed by atoms with Crippen molar-refractivity contribution in [3.63, 3.8) is 0 Å². The van der Waals surface area contributed by atoms with Crippen LogP contribution in [-0.2, 0) is 9.59 Å². The number of rotatable bonds is 0. The lowest BCUT2D eigenvalue weighted by molar-refractivity contribution is -0.135. The first-order chi connectivity index (χ1) is 5.38. The second-order valence-corrected chi connectivity index (χ2v) is 1.40. The normalized spacial score (nSPS) is 5.83. The molecular formula is C7H12O5. The summed E-state index contributed by atoms with van der Waals surface area (Å²) in [5.74, 6) is 0.319. The Morgan fingerprint density at radius 1 is 1.25 bits per heavy atom. The Hall–Kier alpha value is -1.54. The lowest BCUT2D eigenvalue weighted by atomic mass is 10.8. The number of aliphatic hydroxyl groups is 1. The Morgan fingerprint density at radius 3 is 1.33 bits per heavy atom.